The van der Waals surface area contributed by atoms with Gasteiger partial charge in [0.1, 0.15) is 11.4 Å². The highest BCUT2D eigenvalue weighted by Gasteiger charge is 2.43. The van der Waals surface area contributed by atoms with Crippen molar-refractivity contribution in [1.82, 2.24) is 4.48 Å². The Bertz CT molecular complexity index is 3500. The zero-order valence-electron chi connectivity index (χ0n) is 34.0. The number of hydrogen-bond donors (Lipinski definition) is 1. The first kappa shape index (κ1) is 35.9. The summed E-state index contributed by atoms with van der Waals surface area (Å²) >= 11 is 0. The van der Waals surface area contributed by atoms with Crippen molar-refractivity contribution in [1.29, 1.82) is 0 Å². The van der Waals surface area contributed by atoms with E-state index in [0.29, 0.717) is 4.48 Å². The van der Waals surface area contributed by atoms with E-state index in [1.165, 1.54) is 87.1 Å². The number of anilines is 2. The highest BCUT2D eigenvalue weighted by atomic mass is 15.4. The maximum atomic E-state index is 3.98. The molecule has 0 saturated heterocycles. The molecule has 62 heavy (non-hydrogen) atoms. The lowest BCUT2D eigenvalue weighted by Crippen LogP contribution is -2.34. The van der Waals surface area contributed by atoms with Crippen LogP contribution in [0.4, 0.5) is 34.1 Å². The van der Waals surface area contributed by atoms with Crippen molar-refractivity contribution >= 4 is 98.8 Å². The predicted octanol–water partition coefficient (Wildman–Crippen LogP) is 17.3. The zero-order valence-corrected chi connectivity index (χ0v) is 34.0. The van der Waals surface area contributed by atoms with Crippen LogP contribution in [0, 0.1) is 0 Å². The molecule has 12 aromatic carbocycles. The minimum Gasteiger partial charge on any atom is -0.354 e. The molecule has 0 radical (unpaired) electrons. The molecular weight excluding hydrogens is 749 g/mol. The molecule has 0 atom stereocenters. The molecule has 0 amide bonds. The van der Waals surface area contributed by atoms with Crippen molar-refractivity contribution in [3.63, 3.8) is 0 Å². The lowest BCUT2D eigenvalue weighted by Gasteiger charge is -2.39. The summed E-state index contributed by atoms with van der Waals surface area (Å²) < 4.78 is 0.389. The normalized spacial score (nSPS) is 11.9. The molecule has 0 aromatic heterocycles. The van der Waals surface area contributed by atoms with E-state index in [2.05, 4.69) is 248 Å². The molecule has 0 spiro atoms. The van der Waals surface area contributed by atoms with E-state index in [1.54, 1.807) is 0 Å². The summed E-state index contributed by atoms with van der Waals surface area (Å²) in [5, 5.41) is 18.4. The van der Waals surface area contributed by atoms with E-state index in [-0.39, 0.29) is 0 Å². The van der Waals surface area contributed by atoms with Crippen LogP contribution < -0.4 is 9.80 Å². The molecule has 0 unspecified atom stereocenters. The Labute approximate surface area is 360 Å². The Hall–Kier alpha value is -8.04. The maximum absolute atomic E-state index is 3.98. The van der Waals surface area contributed by atoms with Crippen LogP contribution in [-0.4, -0.2) is 0 Å². The third kappa shape index (κ3) is 5.41. The van der Waals surface area contributed by atoms with Gasteiger partial charge in [-0.3, -0.25) is 0 Å². The largest absolute Gasteiger partial charge is 0.354 e. The van der Waals surface area contributed by atoms with Gasteiger partial charge in [-0.05, 0) is 67.7 Å². The second-order valence-corrected chi connectivity index (χ2v) is 16.1. The molecule has 290 valence electrons. The highest BCUT2D eigenvalue weighted by Crippen LogP contribution is 2.59. The quantitative estimate of drug-likeness (QED) is 0.125. The minimum atomic E-state index is 0.389. The molecule has 2 nitrogen and oxygen atoms in total. The average Bonchev–Trinajstić information content (AvgIpc) is 3.35. The SMILES string of the molecule is c1ccc([N+](c2ccccc2)(c2cccc3ccccc23)c2c3ccccc3c(-c3c4ccccc4c(Nc4cccc5ccccc45)c4ccccc34)c3ccccc23)cc1. The van der Waals surface area contributed by atoms with Gasteiger partial charge in [0.15, 0.2) is 11.4 Å². The van der Waals surface area contributed by atoms with E-state index in [4.69, 9.17) is 0 Å². The van der Waals surface area contributed by atoms with E-state index in [9.17, 15) is 0 Å². The number of hydrogen-bond acceptors (Lipinski definition) is 1. The van der Waals surface area contributed by atoms with Crippen molar-refractivity contribution in [2.75, 3.05) is 5.32 Å². The van der Waals surface area contributed by atoms with E-state index in [0.717, 1.165) is 22.7 Å². The van der Waals surface area contributed by atoms with Gasteiger partial charge in [-0.2, -0.15) is 4.48 Å². The van der Waals surface area contributed by atoms with Crippen LogP contribution in [0.25, 0.3) is 75.8 Å². The fourth-order valence-electron chi connectivity index (χ4n) is 10.3. The molecule has 12 aromatic rings. The Morgan fingerprint density at radius 3 is 1.13 bits per heavy atom. The van der Waals surface area contributed by atoms with Crippen molar-refractivity contribution in [2.45, 2.75) is 0 Å². The van der Waals surface area contributed by atoms with Crippen LogP contribution in [0.3, 0.4) is 0 Å². The molecule has 0 aliphatic carbocycles. The summed E-state index contributed by atoms with van der Waals surface area (Å²) in [4.78, 5) is 0. The van der Waals surface area contributed by atoms with Crippen molar-refractivity contribution in [3.05, 3.63) is 243 Å². The monoisotopic (exact) mass is 789 g/mol. The topological polar surface area (TPSA) is 12.0 Å². The number of fused-ring (bicyclic) bond motifs is 6. The second kappa shape index (κ2) is 14.6. The van der Waals surface area contributed by atoms with Crippen LogP contribution in [0.15, 0.2) is 243 Å². The fraction of sp³-hybridized carbons (Fsp3) is 0. The van der Waals surface area contributed by atoms with Crippen LogP contribution in [0.1, 0.15) is 0 Å². The van der Waals surface area contributed by atoms with Gasteiger partial charge in [0.2, 0.25) is 0 Å². The maximum Gasteiger partial charge on any atom is 0.164 e. The summed E-state index contributed by atoms with van der Waals surface area (Å²) in [6, 6.07) is 89.1. The summed E-state index contributed by atoms with van der Waals surface area (Å²) in [7, 11) is 0. The lowest BCUT2D eigenvalue weighted by molar-refractivity contribution is 0.720. The van der Waals surface area contributed by atoms with E-state index in [1.807, 2.05) is 0 Å². The van der Waals surface area contributed by atoms with Crippen molar-refractivity contribution in [3.8, 4) is 11.1 Å². The standard InChI is InChI=1S/C60H41N2/c1-3-25-43(26-4-1)62(44-27-5-2-6-28-44,56-40-20-24-42-22-8-10-30-46(42)56)60-53-37-17-13-33-49(53)58(50-34-14-18-38-54(50)60)57-47-31-11-15-35-51(47)59(52-36-16-12-32-48(52)57)61-55-39-19-23-41-21-7-9-29-45(41)55/h1-40,61H/q+1. The Morgan fingerprint density at radius 2 is 0.613 bits per heavy atom. The third-order valence-corrected chi connectivity index (χ3v) is 12.9. The summed E-state index contributed by atoms with van der Waals surface area (Å²) in [5.41, 5.74) is 9.43. The Balaban J connectivity index is 1.25. The Kier molecular flexibility index (Phi) is 8.45. The van der Waals surface area contributed by atoms with Crippen LogP contribution in [0.2, 0.25) is 0 Å². The van der Waals surface area contributed by atoms with Gasteiger partial charge in [-0.25, -0.2) is 0 Å². The van der Waals surface area contributed by atoms with Gasteiger partial charge in [0.05, 0.1) is 5.69 Å². The number of rotatable bonds is 7. The first-order valence-electron chi connectivity index (χ1n) is 21.4. The van der Waals surface area contributed by atoms with Gasteiger partial charge in [-0.15, -0.1) is 0 Å². The molecule has 0 heterocycles. The fourth-order valence-corrected chi connectivity index (χ4v) is 10.3. The smallest absolute Gasteiger partial charge is 0.164 e. The van der Waals surface area contributed by atoms with Gasteiger partial charge in [0.25, 0.3) is 0 Å². The molecule has 0 aliphatic heterocycles. The summed E-state index contributed by atoms with van der Waals surface area (Å²) in [6.45, 7) is 0. The van der Waals surface area contributed by atoms with Crippen molar-refractivity contribution in [2.24, 2.45) is 0 Å². The van der Waals surface area contributed by atoms with Crippen LogP contribution in [0.5, 0.6) is 0 Å². The number of quaternary nitrogens is 1. The molecule has 2 heteroatoms. The summed E-state index contributed by atoms with van der Waals surface area (Å²) in [6.07, 6.45) is 0. The van der Waals surface area contributed by atoms with Crippen LogP contribution >= 0.6 is 0 Å². The van der Waals surface area contributed by atoms with Gasteiger partial charge in [0, 0.05) is 68.3 Å². The number of nitrogens with zero attached hydrogens (tertiary/aromatic N) is 1. The molecule has 0 saturated carbocycles. The first-order chi connectivity index (χ1) is 30.8. The Morgan fingerprint density at radius 1 is 0.258 bits per heavy atom. The molecule has 1 N–H and O–H groups in total. The van der Waals surface area contributed by atoms with Gasteiger partial charge >= 0.3 is 0 Å². The molecular formula is C60H41N2+. The van der Waals surface area contributed by atoms with Gasteiger partial charge in [-0.1, -0.05) is 188 Å². The first-order valence-corrected chi connectivity index (χ1v) is 21.4. The van der Waals surface area contributed by atoms with E-state index < -0.39 is 0 Å². The van der Waals surface area contributed by atoms with E-state index >= 15 is 0 Å². The molecule has 0 aliphatic rings. The number of para-hydroxylation sites is 2. The number of benzene rings is 12. The lowest BCUT2D eigenvalue weighted by atomic mass is 9.84. The number of nitrogens with one attached hydrogen (secondary N) is 1. The zero-order chi connectivity index (χ0) is 41.0. The molecule has 0 bridgehead atoms. The summed E-state index contributed by atoms with van der Waals surface area (Å²) in [5.74, 6) is 0. The predicted molar refractivity (Wildman–Crippen MR) is 267 cm³/mol. The second-order valence-electron chi connectivity index (χ2n) is 16.1. The average molecular weight is 790 g/mol. The highest BCUT2D eigenvalue weighted by molar-refractivity contribution is 6.30. The molecule has 0 fully saturated rings. The van der Waals surface area contributed by atoms with Crippen molar-refractivity contribution < 1.29 is 0 Å². The third-order valence-electron chi connectivity index (χ3n) is 12.9. The molecule has 12 rings (SSSR count). The van der Waals surface area contributed by atoms with Gasteiger partial charge < -0.3 is 5.32 Å². The minimum absolute atomic E-state index is 0.389. The van der Waals surface area contributed by atoms with Crippen LogP contribution in [-0.2, 0) is 0 Å².